The molecule has 1 fully saturated rings. The number of hydrogen-bond donors (Lipinski definition) is 1. The summed E-state index contributed by atoms with van der Waals surface area (Å²) in [4.78, 5) is 21.5. The number of piperidine rings is 1. The third-order valence-corrected chi connectivity index (χ3v) is 5.42. The van der Waals surface area contributed by atoms with Crippen LogP contribution in [0.2, 0.25) is 0 Å². The van der Waals surface area contributed by atoms with Crippen LogP contribution in [0.15, 0.2) is 54.7 Å². The molecule has 1 unspecified atom stereocenters. The molecular formula is C22H32Cl2N4O. The van der Waals surface area contributed by atoms with E-state index in [0.717, 1.165) is 50.4 Å². The van der Waals surface area contributed by atoms with Crippen LogP contribution in [0, 0.1) is 5.92 Å². The molecule has 1 amide bonds. The third kappa shape index (κ3) is 7.18. The van der Waals surface area contributed by atoms with E-state index in [9.17, 15) is 4.79 Å². The second-order valence-electron chi connectivity index (χ2n) is 7.27. The number of carbonyl (C=O) groups is 1. The lowest BCUT2D eigenvalue weighted by atomic mass is 9.95. The van der Waals surface area contributed by atoms with E-state index >= 15 is 0 Å². The van der Waals surface area contributed by atoms with E-state index in [1.54, 1.807) is 0 Å². The van der Waals surface area contributed by atoms with Crippen molar-refractivity contribution in [3.05, 3.63) is 60.3 Å². The number of nitrogens with zero attached hydrogens (tertiary/aromatic N) is 3. The van der Waals surface area contributed by atoms with Crippen LogP contribution in [0.25, 0.3) is 0 Å². The molecular weight excluding hydrogens is 407 g/mol. The van der Waals surface area contributed by atoms with Gasteiger partial charge in [-0.25, -0.2) is 4.98 Å². The normalized spacial score (nSPS) is 15.0. The summed E-state index contributed by atoms with van der Waals surface area (Å²) in [6, 6.07) is 15.7. The van der Waals surface area contributed by atoms with Gasteiger partial charge in [-0.05, 0) is 43.4 Å². The van der Waals surface area contributed by atoms with Crippen molar-refractivity contribution < 1.29 is 4.79 Å². The minimum absolute atomic E-state index is 0. The van der Waals surface area contributed by atoms with Crippen LogP contribution in [0.3, 0.4) is 0 Å². The Morgan fingerprint density at radius 1 is 1.14 bits per heavy atom. The molecule has 160 valence electrons. The molecule has 7 heteroatoms. The number of nitrogens with two attached hydrogens (primary N) is 1. The Kier molecular flexibility index (Phi) is 11.0. The molecule has 1 aromatic carbocycles. The van der Waals surface area contributed by atoms with Gasteiger partial charge in [-0.2, -0.15) is 0 Å². The quantitative estimate of drug-likeness (QED) is 0.706. The predicted molar refractivity (Wildman–Crippen MR) is 124 cm³/mol. The summed E-state index contributed by atoms with van der Waals surface area (Å²) in [5.74, 6) is 1.75. The van der Waals surface area contributed by atoms with Gasteiger partial charge in [0.25, 0.3) is 0 Å². The fourth-order valence-corrected chi connectivity index (χ4v) is 3.74. The van der Waals surface area contributed by atoms with Gasteiger partial charge in [-0.3, -0.25) is 4.79 Å². The van der Waals surface area contributed by atoms with Crippen LogP contribution in [0.4, 0.5) is 5.82 Å². The Bertz CT molecular complexity index is 709. The van der Waals surface area contributed by atoms with Crippen molar-refractivity contribution in [3.63, 3.8) is 0 Å². The topological polar surface area (TPSA) is 62.5 Å². The summed E-state index contributed by atoms with van der Waals surface area (Å²) in [5.41, 5.74) is 7.26. The third-order valence-electron chi connectivity index (χ3n) is 5.42. The Balaban J connectivity index is 0.00000210. The van der Waals surface area contributed by atoms with E-state index in [1.165, 1.54) is 0 Å². The van der Waals surface area contributed by atoms with Crippen LogP contribution in [0.1, 0.15) is 37.8 Å². The number of aromatic nitrogens is 1. The Hall–Kier alpha value is -1.82. The van der Waals surface area contributed by atoms with Crippen LogP contribution >= 0.6 is 24.8 Å². The molecule has 1 aliphatic rings. The number of amides is 1. The maximum atomic E-state index is 12.7. The first-order chi connectivity index (χ1) is 13.2. The van der Waals surface area contributed by atoms with Gasteiger partial charge in [0.1, 0.15) is 5.82 Å². The highest BCUT2D eigenvalue weighted by Gasteiger charge is 2.24. The van der Waals surface area contributed by atoms with E-state index in [2.05, 4.69) is 22.9 Å². The standard InChI is InChI=1S/C22H30N4O.2ClH/c1-2-25(22(27)16-20(23)19-8-4-3-5-9-19)17-18-11-14-26(15-12-18)21-10-6-7-13-24-21;;/h3-10,13,18,20H,2,11-12,14-17,23H2,1H3;2*1H. The number of halogens is 2. The van der Waals surface area contributed by atoms with Gasteiger partial charge in [-0.15, -0.1) is 24.8 Å². The lowest BCUT2D eigenvalue weighted by molar-refractivity contribution is -0.132. The van der Waals surface area contributed by atoms with E-state index < -0.39 is 0 Å². The molecule has 2 aromatic rings. The number of rotatable bonds is 7. The number of anilines is 1. The average molecular weight is 439 g/mol. The second kappa shape index (κ2) is 12.7. The van der Waals surface area contributed by atoms with Gasteiger partial charge in [-0.1, -0.05) is 36.4 Å². The maximum Gasteiger partial charge on any atom is 0.224 e. The lowest BCUT2D eigenvalue weighted by Gasteiger charge is -2.35. The molecule has 3 rings (SSSR count). The molecule has 0 aliphatic carbocycles. The van der Waals surface area contributed by atoms with Gasteiger partial charge >= 0.3 is 0 Å². The summed E-state index contributed by atoms with van der Waals surface area (Å²) in [7, 11) is 0. The number of benzene rings is 1. The molecule has 2 N–H and O–H groups in total. The van der Waals surface area contributed by atoms with Crippen molar-refractivity contribution in [2.45, 2.75) is 32.2 Å². The average Bonchev–Trinajstić information content (AvgIpc) is 2.73. The number of pyridine rings is 1. The van der Waals surface area contributed by atoms with Crippen molar-refractivity contribution in [2.24, 2.45) is 11.7 Å². The van der Waals surface area contributed by atoms with Gasteiger partial charge in [0.05, 0.1) is 0 Å². The van der Waals surface area contributed by atoms with E-state index in [4.69, 9.17) is 5.73 Å². The van der Waals surface area contributed by atoms with Crippen molar-refractivity contribution in [3.8, 4) is 0 Å². The summed E-state index contributed by atoms with van der Waals surface area (Å²) in [6.07, 6.45) is 4.38. The molecule has 1 atom stereocenters. The second-order valence-corrected chi connectivity index (χ2v) is 7.27. The van der Waals surface area contributed by atoms with Crippen molar-refractivity contribution in [1.82, 2.24) is 9.88 Å². The van der Waals surface area contributed by atoms with Crippen molar-refractivity contribution >= 4 is 36.5 Å². The maximum absolute atomic E-state index is 12.7. The zero-order valence-corrected chi connectivity index (χ0v) is 18.6. The fourth-order valence-electron chi connectivity index (χ4n) is 3.74. The first kappa shape index (κ1) is 25.2. The SMILES string of the molecule is CCN(CC1CCN(c2ccccn2)CC1)C(=O)CC(N)c1ccccc1.Cl.Cl. The van der Waals surface area contributed by atoms with Gasteiger partial charge in [0, 0.05) is 44.8 Å². The number of hydrogen-bond acceptors (Lipinski definition) is 4. The molecule has 0 radical (unpaired) electrons. The largest absolute Gasteiger partial charge is 0.357 e. The van der Waals surface area contributed by atoms with Crippen LogP contribution < -0.4 is 10.6 Å². The first-order valence-electron chi connectivity index (χ1n) is 9.91. The van der Waals surface area contributed by atoms with E-state index in [-0.39, 0.29) is 36.8 Å². The van der Waals surface area contributed by atoms with Crippen LogP contribution in [0.5, 0.6) is 0 Å². The van der Waals surface area contributed by atoms with E-state index in [1.807, 2.05) is 53.6 Å². The molecule has 0 bridgehead atoms. The molecule has 2 heterocycles. The molecule has 1 aromatic heterocycles. The Morgan fingerprint density at radius 3 is 2.38 bits per heavy atom. The van der Waals surface area contributed by atoms with Gasteiger partial charge in [0.2, 0.25) is 5.91 Å². The highest BCUT2D eigenvalue weighted by molar-refractivity contribution is 5.85. The summed E-state index contributed by atoms with van der Waals surface area (Å²) in [6.45, 7) is 5.61. The van der Waals surface area contributed by atoms with Gasteiger partial charge < -0.3 is 15.5 Å². The Morgan fingerprint density at radius 2 is 1.79 bits per heavy atom. The Labute approximate surface area is 186 Å². The highest BCUT2D eigenvalue weighted by atomic mass is 35.5. The summed E-state index contributed by atoms with van der Waals surface area (Å²) >= 11 is 0. The molecule has 5 nitrogen and oxygen atoms in total. The monoisotopic (exact) mass is 438 g/mol. The summed E-state index contributed by atoms with van der Waals surface area (Å²) in [5, 5.41) is 0. The zero-order chi connectivity index (χ0) is 19.1. The summed E-state index contributed by atoms with van der Waals surface area (Å²) < 4.78 is 0. The minimum atomic E-state index is -0.237. The van der Waals surface area contributed by atoms with E-state index in [0.29, 0.717) is 12.3 Å². The van der Waals surface area contributed by atoms with Crippen molar-refractivity contribution in [2.75, 3.05) is 31.1 Å². The molecule has 1 aliphatic heterocycles. The molecule has 0 saturated carbocycles. The first-order valence-corrected chi connectivity index (χ1v) is 9.91. The molecule has 29 heavy (non-hydrogen) atoms. The number of carbonyl (C=O) groups excluding carboxylic acids is 1. The highest BCUT2D eigenvalue weighted by Crippen LogP contribution is 2.23. The van der Waals surface area contributed by atoms with Crippen LogP contribution in [-0.4, -0.2) is 42.0 Å². The minimum Gasteiger partial charge on any atom is -0.357 e. The smallest absolute Gasteiger partial charge is 0.224 e. The van der Waals surface area contributed by atoms with Crippen molar-refractivity contribution in [1.29, 1.82) is 0 Å². The van der Waals surface area contributed by atoms with Gasteiger partial charge in [0.15, 0.2) is 0 Å². The molecule has 1 saturated heterocycles. The predicted octanol–water partition coefficient (Wildman–Crippen LogP) is 4.08. The van der Waals surface area contributed by atoms with Crippen LogP contribution in [-0.2, 0) is 4.79 Å². The zero-order valence-electron chi connectivity index (χ0n) is 16.9. The lowest BCUT2D eigenvalue weighted by Crippen LogP contribution is -2.41. The fraction of sp³-hybridized carbons (Fsp3) is 0.455. The molecule has 0 spiro atoms.